The number of aryl methyl sites for hydroxylation is 1. The van der Waals surface area contributed by atoms with Crippen LogP contribution in [0.25, 0.3) is 11.0 Å². The molecule has 0 spiro atoms. The van der Waals surface area contributed by atoms with Gasteiger partial charge in [0, 0.05) is 44.9 Å². The molecule has 8 rings (SSSR count). The molecule has 4 bridgehead atoms. The maximum Gasteiger partial charge on any atom is 0.240 e. The Kier molecular flexibility index (Phi) is 10.7. The van der Waals surface area contributed by atoms with Gasteiger partial charge < -0.3 is 19.3 Å². The van der Waals surface area contributed by atoms with Crippen LogP contribution in [0.3, 0.4) is 0 Å². The highest BCUT2D eigenvalue weighted by atomic mass is 32.2. The summed E-state index contributed by atoms with van der Waals surface area (Å²) in [6.45, 7) is 5.68. The van der Waals surface area contributed by atoms with Gasteiger partial charge >= 0.3 is 0 Å². The third-order valence-corrected chi connectivity index (χ3v) is 14.8. The second kappa shape index (κ2) is 15.6. The first-order valence-corrected chi connectivity index (χ1v) is 21.9. The SMILES string of the molecule is C=C[C@@H]1C[C@]1(CC(=O)[C@@H]1C[C@@H]2CN1C(=O)[C@H](C1CCCC1)CC(=O)N1CC[C@@H](C1)OCCCCCc1nc3ccccc3nc1O2)C(=O)NS(=O)(=O)C1CC1. The predicted octanol–water partition coefficient (Wildman–Crippen LogP) is 4.28. The highest BCUT2D eigenvalue weighted by molar-refractivity contribution is 7.90. The molecule has 0 radical (unpaired) electrons. The lowest BCUT2D eigenvalue weighted by Gasteiger charge is -2.32. The highest BCUT2D eigenvalue weighted by Gasteiger charge is 2.61. The van der Waals surface area contributed by atoms with Crippen molar-refractivity contribution in [3.63, 3.8) is 0 Å². The first-order valence-electron chi connectivity index (χ1n) is 20.4. The summed E-state index contributed by atoms with van der Waals surface area (Å²) in [6, 6.07) is 6.67. The number of para-hydroxylation sites is 2. The van der Waals surface area contributed by atoms with E-state index in [9.17, 15) is 27.6 Å². The summed E-state index contributed by atoms with van der Waals surface area (Å²) < 4.78 is 40.7. The van der Waals surface area contributed by atoms with E-state index in [0.29, 0.717) is 62.5 Å². The summed E-state index contributed by atoms with van der Waals surface area (Å²) >= 11 is 0. The van der Waals surface area contributed by atoms with Gasteiger partial charge in [0.05, 0.1) is 40.4 Å². The van der Waals surface area contributed by atoms with Gasteiger partial charge in [-0.3, -0.25) is 23.9 Å². The summed E-state index contributed by atoms with van der Waals surface area (Å²) in [6.07, 6.45) is 9.89. The van der Waals surface area contributed by atoms with Crippen LogP contribution in [-0.2, 0) is 40.4 Å². The molecule has 3 saturated carbocycles. The molecule has 0 unspecified atom stereocenters. The Balaban J connectivity index is 1.11. The maximum atomic E-state index is 14.9. The number of Topliss-reactive ketones (excluding diaryl/α,β-unsaturated/α-hetero) is 1. The minimum Gasteiger partial charge on any atom is -0.471 e. The number of allylic oxidation sites excluding steroid dienone is 1. The number of nitrogens with zero attached hydrogens (tertiary/aromatic N) is 4. The number of hydrogen-bond donors (Lipinski definition) is 1. The number of benzene rings is 1. The molecule has 4 heterocycles. The monoisotopic (exact) mass is 775 g/mol. The third kappa shape index (κ3) is 8.03. The second-order valence-electron chi connectivity index (χ2n) is 16.8. The first-order chi connectivity index (χ1) is 26.5. The average molecular weight is 776 g/mol. The number of carbonyl (C=O) groups is 4. The van der Waals surface area contributed by atoms with Crippen LogP contribution in [0.2, 0.25) is 0 Å². The van der Waals surface area contributed by atoms with E-state index in [4.69, 9.17) is 19.4 Å². The van der Waals surface area contributed by atoms with Gasteiger partial charge in [0.25, 0.3) is 0 Å². The van der Waals surface area contributed by atoms with E-state index in [1.54, 1.807) is 11.0 Å². The number of fused-ring (bicyclic) bond motifs is 6. The van der Waals surface area contributed by atoms with Gasteiger partial charge in [-0.1, -0.05) is 37.5 Å². The van der Waals surface area contributed by atoms with Crippen LogP contribution in [0.5, 0.6) is 5.88 Å². The van der Waals surface area contributed by atoms with Crippen molar-refractivity contribution < 1.29 is 37.1 Å². The van der Waals surface area contributed by atoms with Gasteiger partial charge in [-0.2, -0.15) is 0 Å². The molecular weight excluding hydrogens is 723 g/mol. The summed E-state index contributed by atoms with van der Waals surface area (Å²) in [5.41, 5.74) is 0.886. The molecule has 296 valence electrons. The largest absolute Gasteiger partial charge is 0.471 e. The number of hydrogen-bond acceptors (Lipinski definition) is 10. The Morgan fingerprint density at radius 3 is 2.45 bits per heavy atom. The highest BCUT2D eigenvalue weighted by Crippen LogP contribution is 2.57. The molecule has 1 N–H and O–H groups in total. The fourth-order valence-electron chi connectivity index (χ4n) is 9.43. The smallest absolute Gasteiger partial charge is 0.240 e. The molecule has 3 amide bonds. The average Bonchev–Trinajstić information content (AvgIpc) is 3.94. The van der Waals surface area contributed by atoms with Gasteiger partial charge in [-0.15, -0.1) is 6.58 Å². The number of ether oxygens (including phenoxy) is 2. The van der Waals surface area contributed by atoms with E-state index in [2.05, 4.69) is 11.3 Å². The Morgan fingerprint density at radius 2 is 1.73 bits per heavy atom. The van der Waals surface area contributed by atoms with Gasteiger partial charge in [0.1, 0.15) is 11.8 Å². The molecule has 14 heteroatoms. The third-order valence-electron chi connectivity index (χ3n) is 12.9. The number of nitrogens with one attached hydrogen (secondary N) is 1. The van der Waals surface area contributed by atoms with Crippen molar-refractivity contribution in [3.8, 4) is 5.88 Å². The zero-order valence-corrected chi connectivity index (χ0v) is 32.3. The van der Waals surface area contributed by atoms with Crippen molar-refractivity contribution in [2.45, 2.75) is 120 Å². The molecule has 2 saturated heterocycles. The topological polar surface area (TPSA) is 165 Å². The van der Waals surface area contributed by atoms with E-state index < -0.39 is 44.7 Å². The van der Waals surface area contributed by atoms with Crippen molar-refractivity contribution in [1.82, 2.24) is 24.5 Å². The Labute approximate surface area is 323 Å². The number of amides is 3. The van der Waals surface area contributed by atoms with E-state index in [-0.39, 0.29) is 61.3 Å². The van der Waals surface area contributed by atoms with Crippen molar-refractivity contribution in [3.05, 3.63) is 42.6 Å². The van der Waals surface area contributed by atoms with Crippen LogP contribution in [0.15, 0.2) is 36.9 Å². The number of aromatic nitrogens is 2. The van der Waals surface area contributed by atoms with Crippen LogP contribution >= 0.6 is 0 Å². The lowest BCUT2D eigenvalue weighted by molar-refractivity contribution is -0.146. The summed E-state index contributed by atoms with van der Waals surface area (Å²) in [5.74, 6) is -1.93. The number of carbonyl (C=O) groups excluding carboxylic acids is 4. The van der Waals surface area contributed by atoms with E-state index in [1.165, 1.54) is 0 Å². The molecule has 55 heavy (non-hydrogen) atoms. The van der Waals surface area contributed by atoms with Crippen LogP contribution in [0, 0.1) is 23.2 Å². The first kappa shape index (κ1) is 38.0. The lowest BCUT2D eigenvalue weighted by Crippen LogP contribution is -2.48. The zero-order valence-electron chi connectivity index (χ0n) is 31.5. The van der Waals surface area contributed by atoms with Crippen molar-refractivity contribution >= 4 is 44.6 Å². The van der Waals surface area contributed by atoms with Crippen LogP contribution in [0.4, 0.5) is 0 Å². The molecule has 1 aromatic heterocycles. The fourth-order valence-corrected chi connectivity index (χ4v) is 10.8. The minimum atomic E-state index is -3.84. The molecule has 3 aliphatic carbocycles. The minimum absolute atomic E-state index is 0.00668. The Bertz CT molecular complexity index is 1950. The molecule has 6 atom stereocenters. The zero-order chi connectivity index (χ0) is 38.3. The van der Waals surface area contributed by atoms with Crippen molar-refractivity contribution in [1.29, 1.82) is 0 Å². The standard InChI is InChI=1S/C41H53N5O8S/c1-2-27-22-41(27,40(50)44-55(51,52)30-15-16-30)23-36(47)35-20-29-25-46(35)39(49)31(26-10-5-6-11-26)21-37(48)45-18-17-28(24-45)53-19-9-3-4-14-34-38(54-29)43-33-13-8-7-12-32(33)42-34/h2,7-8,12-13,26-31,35H,1,3-6,9-11,14-25H2,(H,44,50)/t27-,28+,29-,31+,35+,41-/m1/s1. The molecule has 2 aromatic rings. The number of sulfonamides is 1. The fraction of sp³-hybridized carbons (Fsp3) is 0.659. The van der Waals surface area contributed by atoms with Crippen molar-refractivity contribution in [2.75, 3.05) is 26.2 Å². The summed E-state index contributed by atoms with van der Waals surface area (Å²) in [7, 11) is -3.84. The van der Waals surface area contributed by atoms with Crippen LogP contribution in [-0.4, -0.2) is 101 Å². The molecule has 1 aromatic carbocycles. The normalized spacial score (nSPS) is 30.9. The predicted molar refractivity (Wildman–Crippen MR) is 203 cm³/mol. The lowest BCUT2D eigenvalue weighted by atomic mass is 9.85. The quantitative estimate of drug-likeness (QED) is 0.383. The van der Waals surface area contributed by atoms with Crippen LogP contribution in [0.1, 0.15) is 95.6 Å². The summed E-state index contributed by atoms with van der Waals surface area (Å²) in [5, 5.41) is -0.592. The maximum absolute atomic E-state index is 14.9. The molecular formula is C41H53N5O8S. The van der Waals surface area contributed by atoms with Gasteiger partial charge in [0.2, 0.25) is 33.6 Å². The molecule has 13 nitrogen and oxygen atoms in total. The number of rotatable bonds is 8. The molecule has 6 aliphatic rings. The van der Waals surface area contributed by atoms with Crippen LogP contribution < -0.4 is 9.46 Å². The van der Waals surface area contributed by atoms with Gasteiger partial charge in [-0.25, -0.2) is 18.4 Å². The van der Waals surface area contributed by atoms with E-state index >= 15 is 0 Å². The molecule has 5 fully saturated rings. The Morgan fingerprint density at radius 1 is 0.964 bits per heavy atom. The second-order valence-corrected chi connectivity index (χ2v) is 18.7. The van der Waals surface area contributed by atoms with Crippen molar-refractivity contribution in [2.24, 2.45) is 23.2 Å². The number of ketones is 1. The molecule has 3 aliphatic heterocycles. The van der Waals surface area contributed by atoms with Gasteiger partial charge in [-0.05, 0) is 81.8 Å². The summed E-state index contributed by atoms with van der Waals surface area (Å²) in [4.78, 5) is 70.3. The van der Waals surface area contributed by atoms with E-state index in [0.717, 1.165) is 56.9 Å². The van der Waals surface area contributed by atoms with E-state index in [1.807, 2.05) is 29.2 Å². The Hall–Kier alpha value is -3.91. The van der Waals surface area contributed by atoms with Gasteiger partial charge in [0.15, 0.2) is 5.78 Å².